The Morgan fingerprint density at radius 3 is 1.36 bits per heavy atom. The molecule has 0 heterocycles. The summed E-state index contributed by atoms with van der Waals surface area (Å²) in [6.45, 7) is 1.71. The molecule has 0 saturated heterocycles. The number of nitrogens with one attached hydrogen (secondary N) is 2. The predicted molar refractivity (Wildman–Crippen MR) is 112 cm³/mol. The van der Waals surface area contributed by atoms with E-state index in [1.54, 1.807) is 0 Å². The standard InChI is InChI=1S/C24H40N2O2/c27-23(21-15-17-7-9-19(21)13-17)25-11-5-3-1-2-4-6-12-26-24(28)22-16-18-8-10-20(22)14-18/h17-22H,1-16H2,(H,25,27)(H,26,28)/t17-,18-,19-,20+,21-,22+/m1/s1. The lowest BCUT2D eigenvalue weighted by Crippen LogP contribution is -2.34. The molecule has 4 heteroatoms. The molecule has 4 rings (SSSR count). The SMILES string of the molecule is O=C(NCCCCCCCCNC(=O)[C@@H]1C[C@@H]2CC[C@@H]1C2)[C@H]1C[C@@H]2CC[C@H]1C2. The molecule has 4 bridgehead atoms. The van der Waals surface area contributed by atoms with Gasteiger partial charge in [-0.3, -0.25) is 9.59 Å². The van der Waals surface area contributed by atoms with Gasteiger partial charge in [0.05, 0.1) is 0 Å². The van der Waals surface area contributed by atoms with Gasteiger partial charge in [-0.1, -0.05) is 38.5 Å². The molecule has 6 atom stereocenters. The van der Waals surface area contributed by atoms with Gasteiger partial charge in [0.1, 0.15) is 0 Å². The van der Waals surface area contributed by atoms with Gasteiger partial charge in [0.2, 0.25) is 11.8 Å². The quantitative estimate of drug-likeness (QED) is 0.514. The summed E-state index contributed by atoms with van der Waals surface area (Å²) in [5.74, 6) is 4.39. The van der Waals surface area contributed by atoms with E-state index < -0.39 is 0 Å². The smallest absolute Gasteiger partial charge is 0.223 e. The lowest BCUT2D eigenvalue weighted by atomic mass is 9.88. The Hall–Kier alpha value is -1.06. The van der Waals surface area contributed by atoms with Crippen molar-refractivity contribution in [2.24, 2.45) is 35.5 Å². The lowest BCUT2D eigenvalue weighted by Gasteiger charge is -2.20. The molecule has 0 aliphatic heterocycles. The topological polar surface area (TPSA) is 58.2 Å². The van der Waals surface area contributed by atoms with Crippen LogP contribution in [0.3, 0.4) is 0 Å². The molecule has 4 aliphatic carbocycles. The second kappa shape index (κ2) is 9.63. The number of unbranched alkanes of at least 4 members (excludes halogenated alkanes) is 5. The number of fused-ring (bicyclic) bond motifs is 4. The van der Waals surface area contributed by atoms with Gasteiger partial charge in [-0.15, -0.1) is 0 Å². The van der Waals surface area contributed by atoms with Crippen molar-refractivity contribution in [1.29, 1.82) is 0 Å². The first-order valence-electron chi connectivity index (χ1n) is 12.3. The van der Waals surface area contributed by atoms with Crippen LogP contribution in [0.5, 0.6) is 0 Å². The third-order valence-electron chi connectivity index (χ3n) is 8.35. The molecule has 4 saturated carbocycles. The number of carbonyl (C=O) groups is 2. The van der Waals surface area contributed by atoms with E-state index in [2.05, 4.69) is 10.6 Å². The lowest BCUT2D eigenvalue weighted by molar-refractivity contribution is -0.127. The summed E-state index contributed by atoms with van der Waals surface area (Å²) in [5.41, 5.74) is 0. The average Bonchev–Trinajstić information content (AvgIpc) is 3.49. The van der Waals surface area contributed by atoms with Crippen LogP contribution in [0.1, 0.15) is 89.9 Å². The van der Waals surface area contributed by atoms with Crippen LogP contribution in [0.15, 0.2) is 0 Å². The Bertz CT molecular complexity index is 501. The third-order valence-corrected chi connectivity index (χ3v) is 8.35. The second-order valence-corrected chi connectivity index (χ2v) is 10.3. The minimum Gasteiger partial charge on any atom is -0.356 e. The van der Waals surface area contributed by atoms with Crippen LogP contribution in [0.2, 0.25) is 0 Å². The monoisotopic (exact) mass is 388 g/mol. The third kappa shape index (κ3) is 4.91. The van der Waals surface area contributed by atoms with Crippen LogP contribution in [0.25, 0.3) is 0 Å². The molecule has 4 aliphatic rings. The largest absolute Gasteiger partial charge is 0.356 e. The summed E-state index contributed by atoms with van der Waals surface area (Å²) in [7, 11) is 0. The summed E-state index contributed by atoms with van der Waals surface area (Å²) < 4.78 is 0. The maximum atomic E-state index is 12.3. The number of rotatable bonds is 11. The molecule has 0 unspecified atom stereocenters. The highest BCUT2D eigenvalue weighted by molar-refractivity contribution is 5.79. The fraction of sp³-hybridized carbons (Fsp3) is 0.917. The Morgan fingerprint density at radius 2 is 1.00 bits per heavy atom. The average molecular weight is 389 g/mol. The maximum Gasteiger partial charge on any atom is 0.223 e. The van der Waals surface area contributed by atoms with Crippen molar-refractivity contribution in [1.82, 2.24) is 10.6 Å². The molecular formula is C24H40N2O2. The molecule has 2 N–H and O–H groups in total. The van der Waals surface area contributed by atoms with E-state index >= 15 is 0 Å². The normalized spacial score (nSPS) is 35.4. The zero-order valence-corrected chi connectivity index (χ0v) is 17.6. The molecule has 28 heavy (non-hydrogen) atoms. The second-order valence-electron chi connectivity index (χ2n) is 10.3. The van der Waals surface area contributed by atoms with Crippen LogP contribution in [-0.2, 0) is 9.59 Å². The van der Waals surface area contributed by atoms with Crippen molar-refractivity contribution in [2.45, 2.75) is 89.9 Å². The minimum atomic E-state index is 0.327. The molecular weight excluding hydrogens is 348 g/mol. The summed E-state index contributed by atoms with van der Waals surface area (Å²) in [6, 6.07) is 0. The maximum absolute atomic E-state index is 12.3. The molecule has 2 amide bonds. The predicted octanol–water partition coefficient (Wildman–Crippen LogP) is 4.43. The summed E-state index contributed by atoms with van der Waals surface area (Å²) in [5, 5.41) is 6.37. The van der Waals surface area contributed by atoms with Crippen molar-refractivity contribution < 1.29 is 9.59 Å². The van der Waals surface area contributed by atoms with Crippen LogP contribution in [0.4, 0.5) is 0 Å². The van der Waals surface area contributed by atoms with Gasteiger partial charge in [0.25, 0.3) is 0 Å². The van der Waals surface area contributed by atoms with Crippen LogP contribution in [-0.4, -0.2) is 24.9 Å². The molecule has 158 valence electrons. The fourth-order valence-corrected chi connectivity index (χ4v) is 6.77. The highest BCUT2D eigenvalue weighted by Crippen LogP contribution is 2.49. The van der Waals surface area contributed by atoms with Gasteiger partial charge < -0.3 is 10.6 Å². The fourth-order valence-electron chi connectivity index (χ4n) is 6.77. The van der Waals surface area contributed by atoms with Crippen molar-refractivity contribution in [2.75, 3.05) is 13.1 Å². The van der Waals surface area contributed by atoms with Crippen molar-refractivity contribution >= 4 is 11.8 Å². The molecule has 4 fully saturated rings. The van der Waals surface area contributed by atoms with E-state index in [1.807, 2.05) is 0 Å². The number of hydrogen-bond donors (Lipinski definition) is 2. The number of carbonyl (C=O) groups excluding carboxylic acids is 2. The van der Waals surface area contributed by atoms with Gasteiger partial charge in [0.15, 0.2) is 0 Å². The Labute approximate surface area is 171 Å². The van der Waals surface area contributed by atoms with Gasteiger partial charge in [-0.25, -0.2) is 0 Å². The van der Waals surface area contributed by atoms with Crippen molar-refractivity contribution in [3.8, 4) is 0 Å². The van der Waals surface area contributed by atoms with E-state index in [0.717, 1.165) is 50.6 Å². The van der Waals surface area contributed by atoms with E-state index in [1.165, 1.54) is 64.2 Å². The molecule has 0 spiro atoms. The van der Waals surface area contributed by atoms with E-state index in [4.69, 9.17) is 0 Å². The Morgan fingerprint density at radius 1 is 0.571 bits per heavy atom. The number of amides is 2. The highest BCUT2D eigenvalue weighted by Gasteiger charge is 2.43. The zero-order chi connectivity index (χ0) is 19.3. The van der Waals surface area contributed by atoms with Gasteiger partial charge in [0, 0.05) is 24.9 Å². The first kappa shape index (κ1) is 20.2. The van der Waals surface area contributed by atoms with Gasteiger partial charge in [-0.05, 0) is 75.0 Å². The van der Waals surface area contributed by atoms with Crippen molar-refractivity contribution in [3.05, 3.63) is 0 Å². The molecule has 0 aromatic carbocycles. The van der Waals surface area contributed by atoms with E-state index in [0.29, 0.717) is 35.5 Å². The molecule has 4 nitrogen and oxygen atoms in total. The van der Waals surface area contributed by atoms with Crippen LogP contribution in [0, 0.1) is 35.5 Å². The zero-order valence-electron chi connectivity index (χ0n) is 17.6. The van der Waals surface area contributed by atoms with Gasteiger partial charge >= 0.3 is 0 Å². The Balaban J connectivity index is 0.946. The first-order chi connectivity index (χ1) is 13.7. The van der Waals surface area contributed by atoms with Gasteiger partial charge in [-0.2, -0.15) is 0 Å². The molecule has 0 aromatic heterocycles. The summed E-state index contributed by atoms with van der Waals surface area (Å²) in [6.07, 6.45) is 17.3. The minimum absolute atomic E-state index is 0.327. The van der Waals surface area contributed by atoms with Crippen LogP contribution < -0.4 is 10.6 Å². The van der Waals surface area contributed by atoms with Crippen LogP contribution >= 0.6 is 0 Å². The highest BCUT2D eigenvalue weighted by atomic mass is 16.2. The molecule has 0 aromatic rings. The van der Waals surface area contributed by atoms with E-state index in [-0.39, 0.29) is 0 Å². The Kier molecular flexibility index (Phi) is 6.95. The first-order valence-corrected chi connectivity index (χ1v) is 12.3. The van der Waals surface area contributed by atoms with E-state index in [9.17, 15) is 9.59 Å². The van der Waals surface area contributed by atoms with Crippen molar-refractivity contribution in [3.63, 3.8) is 0 Å². The summed E-state index contributed by atoms with van der Waals surface area (Å²) >= 11 is 0. The summed E-state index contributed by atoms with van der Waals surface area (Å²) in [4.78, 5) is 24.6. The number of hydrogen-bond acceptors (Lipinski definition) is 2. The molecule has 0 radical (unpaired) electrons.